The molecule has 0 aliphatic carbocycles. The minimum Gasteiger partial charge on any atom is -0.480 e. The van der Waals surface area contributed by atoms with Crippen LogP contribution in [0.25, 0.3) is 0 Å². The summed E-state index contributed by atoms with van der Waals surface area (Å²) in [5, 5.41) is 20.1. The summed E-state index contributed by atoms with van der Waals surface area (Å²) in [6, 6.07) is 0.759. The lowest BCUT2D eigenvalue weighted by atomic mass is 10.2. The second-order valence-corrected chi connectivity index (χ2v) is 4.89. The summed E-state index contributed by atoms with van der Waals surface area (Å²) in [4.78, 5) is 26.8. The molecule has 0 saturated carbocycles. The fourth-order valence-corrected chi connectivity index (χ4v) is 2.90. The van der Waals surface area contributed by atoms with Crippen LogP contribution in [0, 0.1) is 10.1 Å². The number of carboxylic acid groups (broad SMARTS) is 1. The maximum absolute atomic E-state index is 11.2. The third kappa shape index (κ3) is 2.37. The summed E-state index contributed by atoms with van der Waals surface area (Å²) < 4.78 is 0. The number of thioether (sulfide) groups is 1. The minimum absolute atomic E-state index is 0.157. The van der Waals surface area contributed by atoms with Crippen molar-refractivity contribution in [2.45, 2.75) is 6.04 Å². The Morgan fingerprint density at radius 3 is 3.11 bits per heavy atom. The maximum atomic E-state index is 11.2. The van der Waals surface area contributed by atoms with E-state index in [1.807, 2.05) is 0 Å². The predicted molar refractivity (Wildman–Crippen MR) is 67.0 cm³/mol. The Balaban J connectivity index is 2.39. The molecule has 1 N–H and O–H groups in total. The highest BCUT2D eigenvalue weighted by molar-refractivity contribution is 7.99. The molecule has 1 atom stereocenters. The van der Waals surface area contributed by atoms with Gasteiger partial charge in [0.15, 0.2) is 0 Å². The van der Waals surface area contributed by atoms with Gasteiger partial charge in [0.25, 0.3) is 0 Å². The number of carbonyl (C=O) groups is 1. The molecule has 0 amide bonds. The van der Waals surface area contributed by atoms with E-state index in [0.717, 1.165) is 11.9 Å². The van der Waals surface area contributed by atoms with Crippen LogP contribution < -0.4 is 4.90 Å². The number of pyridine rings is 1. The summed E-state index contributed by atoms with van der Waals surface area (Å²) in [5.41, 5.74) is 0.165. The molecule has 96 valence electrons. The molecular formula is C10H11N3O4S. The molecule has 18 heavy (non-hydrogen) atoms. The third-order valence-electron chi connectivity index (χ3n) is 2.70. The van der Waals surface area contributed by atoms with Gasteiger partial charge in [-0.1, -0.05) is 0 Å². The first-order chi connectivity index (χ1) is 8.61. The molecule has 1 saturated heterocycles. The smallest absolute Gasteiger partial charge is 0.327 e. The van der Waals surface area contributed by atoms with Gasteiger partial charge >= 0.3 is 11.7 Å². The second-order valence-electron chi connectivity index (χ2n) is 3.74. The van der Waals surface area contributed by atoms with Gasteiger partial charge < -0.3 is 10.0 Å². The molecule has 1 aliphatic rings. The van der Waals surface area contributed by atoms with Gasteiger partial charge in [-0.2, -0.15) is 11.8 Å². The minimum atomic E-state index is -0.965. The molecule has 1 fully saturated rings. The highest BCUT2D eigenvalue weighted by atomic mass is 32.2. The van der Waals surface area contributed by atoms with Crippen molar-refractivity contribution < 1.29 is 14.8 Å². The standard InChI is InChI=1S/C10H11N3O4S/c14-10(15)9-6-18-4-3-12(9)7-1-2-11-5-8(7)13(16)17/h1-2,5,9H,3-4,6H2,(H,14,15). The van der Waals surface area contributed by atoms with Crippen molar-refractivity contribution in [3.05, 3.63) is 28.6 Å². The van der Waals surface area contributed by atoms with Crippen LogP contribution in [0.2, 0.25) is 0 Å². The molecule has 0 bridgehead atoms. The van der Waals surface area contributed by atoms with Crippen LogP contribution in [0.3, 0.4) is 0 Å². The lowest BCUT2D eigenvalue weighted by molar-refractivity contribution is -0.384. The van der Waals surface area contributed by atoms with Crippen LogP contribution in [0.1, 0.15) is 0 Å². The zero-order valence-electron chi connectivity index (χ0n) is 9.35. The van der Waals surface area contributed by atoms with Crippen molar-refractivity contribution >= 4 is 29.1 Å². The van der Waals surface area contributed by atoms with Crippen LogP contribution >= 0.6 is 11.8 Å². The molecule has 0 spiro atoms. The SMILES string of the molecule is O=C(O)C1CSCCN1c1ccncc1[N+](=O)[O-]. The molecule has 2 rings (SSSR count). The number of aliphatic carboxylic acids is 1. The van der Waals surface area contributed by atoms with Gasteiger partial charge in [-0.3, -0.25) is 15.1 Å². The number of hydrogen-bond acceptors (Lipinski definition) is 6. The summed E-state index contributed by atoms with van der Waals surface area (Å²) >= 11 is 1.54. The first kappa shape index (κ1) is 12.6. The van der Waals surface area contributed by atoms with E-state index in [0.29, 0.717) is 18.0 Å². The number of anilines is 1. The fraction of sp³-hybridized carbons (Fsp3) is 0.400. The number of nitro groups is 1. The van der Waals surface area contributed by atoms with Crippen molar-refractivity contribution in [1.82, 2.24) is 4.98 Å². The summed E-state index contributed by atoms with van der Waals surface area (Å²) in [6.45, 7) is 0.479. The summed E-state index contributed by atoms with van der Waals surface area (Å²) in [5.74, 6) is 0.214. The Kier molecular flexibility index (Phi) is 3.66. The number of rotatable bonds is 3. The molecule has 1 aromatic heterocycles. The largest absolute Gasteiger partial charge is 0.480 e. The van der Waals surface area contributed by atoms with Crippen molar-refractivity contribution in [3.63, 3.8) is 0 Å². The molecular weight excluding hydrogens is 258 g/mol. The second kappa shape index (κ2) is 5.21. The molecule has 0 radical (unpaired) electrons. The molecule has 7 nitrogen and oxygen atoms in total. The first-order valence-electron chi connectivity index (χ1n) is 5.27. The van der Waals surface area contributed by atoms with E-state index in [1.165, 1.54) is 24.0 Å². The quantitative estimate of drug-likeness (QED) is 0.645. The average Bonchev–Trinajstić information content (AvgIpc) is 2.38. The Hall–Kier alpha value is -1.83. The highest BCUT2D eigenvalue weighted by Gasteiger charge is 2.32. The van der Waals surface area contributed by atoms with E-state index in [4.69, 9.17) is 5.11 Å². The van der Waals surface area contributed by atoms with Gasteiger partial charge in [0.05, 0.1) is 4.92 Å². The van der Waals surface area contributed by atoms with Crippen molar-refractivity contribution in [3.8, 4) is 0 Å². The third-order valence-corrected chi connectivity index (χ3v) is 3.72. The van der Waals surface area contributed by atoms with Crippen LogP contribution in [-0.4, -0.2) is 45.1 Å². The van der Waals surface area contributed by atoms with Crippen LogP contribution in [0.5, 0.6) is 0 Å². The number of aromatic nitrogens is 1. The van der Waals surface area contributed by atoms with E-state index < -0.39 is 16.9 Å². The van der Waals surface area contributed by atoms with Gasteiger partial charge in [0, 0.05) is 24.2 Å². The maximum Gasteiger partial charge on any atom is 0.327 e. The van der Waals surface area contributed by atoms with E-state index >= 15 is 0 Å². The Morgan fingerprint density at radius 1 is 1.67 bits per heavy atom. The van der Waals surface area contributed by atoms with Crippen LogP contribution in [-0.2, 0) is 4.79 Å². The van der Waals surface area contributed by atoms with Crippen molar-refractivity contribution in [1.29, 1.82) is 0 Å². The Morgan fingerprint density at radius 2 is 2.44 bits per heavy atom. The van der Waals surface area contributed by atoms with Crippen LogP contribution in [0.15, 0.2) is 18.5 Å². The average molecular weight is 269 g/mol. The predicted octanol–water partition coefficient (Wildman–Crippen LogP) is 0.996. The van der Waals surface area contributed by atoms with E-state index in [2.05, 4.69) is 4.98 Å². The van der Waals surface area contributed by atoms with Crippen LogP contribution in [0.4, 0.5) is 11.4 Å². The summed E-state index contributed by atoms with van der Waals surface area (Å²) in [6.07, 6.45) is 2.58. The molecule has 2 heterocycles. The van der Waals surface area contributed by atoms with Gasteiger partial charge in [0.1, 0.15) is 17.9 Å². The zero-order chi connectivity index (χ0) is 13.1. The van der Waals surface area contributed by atoms with Crippen molar-refractivity contribution in [2.24, 2.45) is 0 Å². The van der Waals surface area contributed by atoms with Gasteiger partial charge in [-0.25, -0.2) is 4.79 Å². The fourth-order valence-electron chi connectivity index (χ4n) is 1.86. The molecule has 1 aromatic rings. The molecule has 0 aromatic carbocycles. The van der Waals surface area contributed by atoms with Gasteiger partial charge in [0.2, 0.25) is 0 Å². The first-order valence-corrected chi connectivity index (χ1v) is 6.42. The lowest BCUT2D eigenvalue weighted by Crippen LogP contribution is -2.47. The van der Waals surface area contributed by atoms with Gasteiger partial charge in [-0.05, 0) is 6.07 Å². The lowest BCUT2D eigenvalue weighted by Gasteiger charge is -2.33. The topological polar surface area (TPSA) is 96.6 Å². The highest BCUT2D eigenvalue weighted by Crippen LogP contribution is 2.31. The van der Waals surface area contributed by atoms with Crippen molar-refractivity contribution in [2.75, 3.05) is 23.0 Å². The monoisotopic (exact) mass is 269 g/mol. The van der Waals surface area contributed by atoms with E-state index in [1.54, 1.807) is 4.90 Å². The number of hydrogen-bond donors (Lipinski definition) is 1. The van der Waals surface area contributed by atoms with E-state index in [-0.39, 0.29) is 5.69 Å². The van der Waals surface area contributed by atoms with Gasteiger partial charge in [-0.15, -0.1) is 0 Å². The number of carboxylic acids is 1. The Labute approximate surface area is 107 Å². The number of nitrogens with zero attached hydrogens (tertiary/aromatic N) is 3. The molecule has 8 heteroatoms. The van der Waals surface area contributed by atoms with E-state index in [9.17, 15) is 14.9 Å². The Bertz CT molecular complexity index is 482. The summed E-state index contributed by atoms with van der Waals surface area (Å²) in [7, 11) is 0. The normalized spacial score (nSPS) is 19.6. The zero-order valence-corrected chi connectivity index (χ0v) is 10.2. The molecule has 1 unspecified atom stereocenters. The molecule has 1 aliphatic heterocycles.